The van der Waals surface area contributed by atoms with Crippen molar-refractivity contribution in [3.8, 4) is 0 Å². The van der Waals surface area contributed by atoms with Crippen LogP contribution in [-0.4, -0.2) is 24.8 Å². The van der Waals surface area contributed by atoms with Crippen LogP contribution in [0.15, 0.2) is 35.3 Å². The summed E-state index contributed by atoms with van der Waals surface area (Å²) in [5, 5.41) is 3.01. The topological polar surface area (TPSA) is 27.6 Å². The maximum absolute atomic E-state index is 13.8. The normalized spacial score (nSPS) is 11.0. The summed E-state index contributed by atoms with van der Waals surface area (Å²) >= 11 is 0. The van der Waals surface area contributed by atoms with Crippen LogP contribution in [-0.2, 0) is 0 Å². The van der Waals surface area contributed by atoms with Gasteiger partial charge in [0, 0.05) is 25.3 Å². The average molecular weight is 317 g/mol. The van der Waals surface area contributed by atoms with Crippen molar-refractivity contribution < 1.29 is 8.78 Å². The summed E-state index contributed by atoms with van der Waals surface area (Å²) in [6, 6.07) is 7.34. The molecule has 0 saturated carbocycles. The summed E-state index contributed by atoms with van der Waals surface area (Å²) in [6.45, 7) is 6.80. The Morgan fingerprint density at radius 1 is 1.09 bits per heavy atom. The van der Waals surface area contributed by atoms with Crippen LogP contribution in [0.25, 0.3) is 0 Å². The highest BCUT2D eigenvalue weighted by atomic mass is 19.1. The van der Waals surface area contributed by atoms with Gasteiger partial charge in [0.2, 0.25) is 0 Å². The molecule has 0 saturated heterocycles. The average Bonchev–Trinajstić information content (AvgIpc) is 2.51. The number of nitrogens with one attached hydrogen (secondary N) is 1. The lowest BCUT2D eigenvalue weighted by atomic mass is 10.1. The number of hydrogen-bond donors (Lipinski definition) is 1. The Bertz CT molecular complexity index is 726. The Hall–Kier alpha value is -2.43. The van der Waals surface area contributed by atoms with E-state index >= 15 is 0 Å². The lowest BCUT2D eigenvalue weighted by Crippen LogP contribution is -2.14. The number of halogens is 2. The molecule has 2 aromatic carbocycles. The fourth-order valence-corrected chi connectivity index (χ4v) is 2.05. The van der Waals surface area contributed by atoms with Crippen LogP contribution >= 0.6 is 0 Å². The molecular weight excluding hydrogens is 296 g/mol. The van der Waals surface area contributed by atoms with E-state index in [9.17, 15) is 8.78 Å². The van der Waals surface area contributed by atoms with Gasteiger partial charge in [0.25, 0.3) is 0 Å². The van der Waals surface area contributed by atoms with Gasteiger partial charge in [-0.3, -0.25) is 0 Å². The molecule has 0 fully saturated rings. The smallest absolute Gasteiger partial charge is 0.149 e. The Morgan fingerprint density at radius 2 is 1.83 bits per heavy atom. The van der Waals surface area contributed by atoms with Crippen molar-refractivity contribution >= 4 is 23.4 Å². The Labute approximate surface area is 135 Å². The quantitative estimate of drug-likeness (QED) is 0.625. The standard InChI is InChI=1S/C18H21F2N3/c1-5-23(4)11-21-17-8-13(3)18(9-12(17)2)22-16-7-6-14(19)10-15(16)20/h6-11,22H,5H2,1-4H3/b21-11-. The van der Waals surface area contributed by atoms with Crippen LogP contribution in [0.5, 0.6) is 0 Å². The minimum atomic E-state index is -0.617. The van der Waals surface area contributed by atoms with Gasteiger partial charge in [-0.2, -0.15) is 0 Å². The van der Waals surface area contributed by atoms with Crippen LogP contribution in [0.3, 0.4) is 0 Å². The van der Waals surface area contributed by atoms with E-state index in [-0.39, 0.29) is 5.69 Å². The van der Waals surface area contributed by atoms with E-state index in [4.69, 9.17) is 0 Å². The maximum Gasteiger partial charge on any atom is 0.149 e. The lowest BCUT2D eigenvalue weighted by molar-refractivity contribution is 0.552. The molecule has 0 amide bonds. The molecule has 122 valence electrons. The summed E-state index contributed by atoms with van der Waals surface area (Å²) in [6.07, 6.45) is 1.79. The maximum atomic E-state index is 13.8. The molecule has 1 N–H and O–H groups in total. The van der Waals surface area contributed by atoms with Gasteiger partial charge < -0.3 is 10.2 Å². The van der Waals surface area contributed by atoms with Crippen molar-refractivity contribution in [2.24, 2.45) is 4.99 Å². The summed E-state index contributed by atoms with van der Waals surface area (Å²) < 4.78 is 26.7. The van der Waals surface area contributed by atoms with Gasteiger partial charge in [-0.25, -0.2) is 13.8 Å². The summed E-state index contributed by atoms with van der Waals surface area (Å²) in [5.74, 6) is -1.21. The Morgan fingerprint density at radius 3 is 2.48 bits per heavy atom. The zero-order chi connectivity index (χ0) is 17.0. The molecule has 2 rings (SSSR count). The predicted molar refractivity (Wildman–Crippen MR) is 92.0 cm³/mol. The van der Waals surface area contributed by atoms with Crippen molar-refractivity contribution in [2.45, 2.75) is 20.8 Å². The molecule has 3 nitrogen and oxygen atoms in total. The minimum absolute atomic E-state index is 0.246. The molecule has 0 atom stereocenters. The number of rotatable bonds is 5. The number of benzene rings is 2. The number of aliphatic imine (C=N–C) groups is 1. The van der Waals surface area contributed by atoms with E-state index in [2.05, 4.69) is 10.3 Å². The molecule has 0 aliphatic rings. The predicted octanol–water partition coefficient (Wildman–Crippen LogP) is 4.94. The van der Waals surface area contributed by atoms with Crippen LogP contribution < -0.4 is 5.32 Å². The highest BCUT2D eigenvalue weighted by Crippen LogP contribution is 2.29. The van der Waals surface area contributed by atoms with E-state index in [0.29, 0.717) is 0 Å². The molecule has 2 aromatic rings. The molecule has 5 heteroatoms. The van der Waals surface area contributed by atoms with Gasteiger partial charge in [-0.05, 0) is 56.2 Å². The Balaban J connectivity index is 2.27. The van der Waals surface area contributed by atoms with Crippen LogP contribution in [0.1, 0.15) is 18.1 Å². The van der Waals surface area contributed by atoms with Gasteiger partial charge in [-0.1, -0.05) is 0 Å². The second-order valence-corrected chi connectivity index (χ2v) is 5.52. The molecule has 0 heterocycles. The Kier molecular flexibility index (Phi) is 5.32. The highest BCUT2D eigenvalue weighted by molar-refractivity contribution is 5.70. The number of aryl methyl sites for hydroxylation is 2. The van der Waals surface area contributed by atoms with Crippen molar-refractivity contribution in [2.75, 3.05) is 18.9 Å². The van der Waals surface area contributed by atoms with Gasteiger partial charge >= 0.3 is 0 Å². The molecule has 0 aliphatic carbocycles. The van der Waals surface area contributed by atoms with Crippen molar-refractivity contribution in [1.29, 1.82) is 0 Å². The van der Waals surface area contributed by atoms with E-state index in [0.717, 1.165) is 35.1 Å². The zero-order valence-electron chi connectivity index (χ0n) is 13.8. The lowest BCUT2D eigenvalue weighted by Gasteiger charge is -2.14. The molecule has 0 bridgehead atoms. The van der Waals surface area contributed by atoms with Crippen LogP contribution in [0, 0.1) is 25.5 Å². The second kappa shape index (κ2) is 7.22. The summed E-state index contributed by atoms with van der Waals surface area (Å²) in [7, 11) is 1.96. The fraction of sp³-hybridized carbons (Fsp3) is 0.278. The van der Waals surface area contributed by atoms with Crippen molar-refractivity contribution in [3.63, 3.8) is 0 Å². The fourth-order valence-electron chi connectivity index (χ4n) is 2.05. The van der Waals surface area contributed by atoms with Crippen LogP contribution in [0.4, 0.5) is 25.8 Å². The summed E-state index contributed by atoms with van der Waals surface area (Å²) in [5.41, 5.74) is 3.80. The highest BCUT2D eigenvalue weighted by Gasteiger charge is 2.08. The van der Waals surface area contributed by atoms with Gasteiger partial charge in [0.05, 0.1) is 17.7 Å². The molecule has 0 radical (unpaired) electrons. The third kappa shape index (κ3) is 4.28. The molecule has 0 aliphatic heterocycles. The van der Waals surface area contributed by atoms with Crippen LogP contribution in [0.2, 0.25) is 0 Å². The van der Waals surface area contributed by atoms with E-state index in [1.807, 2.05) is 44.9 Å². The van der Waals surface area contributed by atoms with Crippen molar-refractivity contribution in [1.82, 2.24) is 4.90 Å². The zero-order valence-corrected chi connectivity index (χ0v) is 13.8. The van der Waals surface area contributed by atoms with E-state index in [1.54, 1.807) is 6.34 Å². The molecular formula is C18H21F2N3. The summed E-state index contributed by atoms with van der Waals surface area (Å²) in [4.78, 5) is 6.45. The van der Waals surface area contributed by atoms with Gasteiger partial charge in [0.1, 0.15) is 11.6 Å². The monoisotopic (exact) mass is 317 g/mol. The minimum Gasteiger partial charge on any atom is -0.366 e. The van der Waals surface area contributed by atoms with Crippen molar-refractivity contribution in [3.05, 3.63) is 53.1 Å². The third-order valence-electron chi connectivity index (χ3n) is 3.64. The van der Waals surface area contributed by atoms with Gasteiger partial charge in [0.15, 0.2) is 0 Å². The first-order valence-electron chi connectivity index (χ1n) is 7.48. The largest absolute Gasteiger partial charge is 0.366 e. The molecule has 0 unspecified atom stereocenters. The first-order chi connectivity index (χ1) is 10.9. The number of hydrogen-bond acceptors (Lipinski definition) is 2. The number of nitrogens with zero attached hydrogens (tertiary/aromatic N) is 2. The first-order valence-corrected chi connectivity index (χ1v) is 7.48. The molecule has 0 spiro atoms. The number of anilines is 2. The third-order valence-corrected chi connectivity index (χ3v) is 3.64. The second-order valence-electron chi connectivity index (χ2n) is 5.52. The first kappa shape index (κ1) is 16.9. The van der Waals surface area contributed by atoms with E-state index < -0.39 is 11.6 Å². The van der Waals surface area contributed by atoms with E-state index in [1.165, 1.54) is 12.1 Å². The molecule has 23 heavy (non-hydrogen) atoms. The molecule has 0 aromatic heterocycles. The van der Waals surface area contributed by atoms with Gasteiger partial charge in [-0.15, -0.1) is 0 Å². The SMILES string of the molecule is CCN(C)/C=N\c1cc(C)c(Nc2ccc(F)cc2F)cc1C.